The monoisotopic (exact) mass is 416 g/mol. The molecule has 0 amide bonds. The lowest BCUT2D eigenvalue weighted by atomic mass is 10.1. The van der Waals surface area contributed by atoms with Gasteiger partial charge in [0.1, 0.15) is 4.90 Å². The maximum Gasteiger partial charge on any atom is 0.265 e. The molecule has 1 aliphatic heterocycles. The van der Waals surface area contributed by atoms with Gasteiger partial charge in [-0.15, -0.1) is 0 Å². The van der Waals surface area contributed by atoms with Crippen LogP contribution in [0.5, 0.6) is 5.75 Å². The van der Waals surface area contributed by atoms with E-state index in [0.29, 0.717) is 11.1 Å². The molecular formula is C13H15BrCl2O4S. The van der Waals surface area contributed by atoms with Gasteiger partial charge in [0.2, 0.25) is 0 Å². The topological polar surface area (TPSA) is 52.6 Å². The van der Waals surface area contributed by atoms with Crippen LogP contribution in [0.25, 0.3) is 0 Å². The summed E-state index contributed by atoms with van der Waals surface area (Å²) < 4.78 is 34.8. The summed E-state index contributed by atoms with van der Waals surface area (Å²) in [6, 6.07) is 2.95. The summed E-state index contributed by atoms with van der Waals surface area (Å²) in [5, 5.41) is 0.209. The maximum absolute atomic E-state index is 11.6. The predicted octanol–water partition coefficient (Wildman–Crippen LogP) is 4.37. The zero-order valence-corrected chi connectivity index (χ0v) is 15.1. The van der Waals surface area contributed by atoms with Gasteiger partial charge in [-0.2, -0.15) is 0 Å². The van der Waals surface area contributed by atoms with Gasteiger partial charge in [-0.25, -0.2) is 8.42 Å². The van der Waals surface area contributed by atoms with Crippen molar-refractivity contribution in [2.75, 3.05) is 13.2 Å². The molecule has 8 heteroatoms. The van der Waals surface area contributed by atoms with E-state index in [-0.39, 0.29) is 21.8 Å². The third-order valence-corrected chi connectivity index (χ3v) is 5.24. The van der Waals surface area contributed by atoms with Crippen molar-refractivity contribution >= 4 is 47.3 Å². The second-order valence-corrected chi connectivity index (χ2v) is 8.64. The molecular weight excluding hydrogens is 403 g/mol. The van der Waals surface area contributed by atoms with E-state index in [9.17, 15) is 8.42 Å². The SMILES string of the molecule is O=S(=O)(Cl)c1cc(Br)cc(Cl)c1OCCCC1CCCO1. The predicted molar refractivity (Wildman–Crippen MR) is 85.9 cm³/mol. The molecule has 1 atom stereocenters. The molecule has 1 unspecified atom stereocenters. The summed E-state index contributed by atoms with van der Waals surface area (Å²) in [4.78, 5) is -0.124. The normalized spacial score (nSPS) is 18.9. The molecule has 0 saturated carbocycles. The summed E-state index contributed by atoms with van der Waals surface area (Å²) in [5.41, 5.74) is 0. The summed E-state index contributed by atoms with van der Waals surface area (Å²) >= 11 is 9.23. The van der Waals surface area contributed by atoms with Crippen LogP contribution in [0, 0.1) is 0 Å². The first-order valence-electron chi connectivity index (χ1n) is 6.56. The Balaban J connectivity index is 2.01. The van der Waals surface area contributed by atoms with Gasteiger partial charge < -0.3 is 9.47 Å². The maximum atomic E-state index is 11.6. The molecule has 1 aromatic rings. The molecule has 0 aromatic heterocycles. The lowest BCUT2D eigenvalue weighted by Gasteiger charge is -2.13. The molecule has 0 bridgehead atoms. The Kier molecular flexibility index (Phi) is 6.20. The molecule has 21 heavy (non-hydrogen) atoms. The average Bonchev–Trinajstić information content (AvgIpc) is 2.87. The van der Waals surface area contributed by atoms with Gasteiger partial charge in [0.15, 0.2) is 5.75 Å². The van der Waals surface area contributed by atoms with E-state index in [0.717, 1.165) is 32.3 Å². The Hall–Kier alpha value is -0.0100. The van der Waals surface area contributed by atoms with E-state index in [1.54, 1.807) is 6.07 Å². The number of hydrogen-bond donors (Lipinski definition) is 0. The Bertz CT molecular complexity index is 600. The van der Waals surface area contributed by atoms with Gasteiger partial charge in [0.25, 0.3) is 9.05 Å². The molecule has 0 aliphatic carbocycles. The van der Waals surface area contributed by atoms with Crippen molar-refractivity contribution in [2.24, 2.45) is 0 Å². The van der Waals surface area contributed by atoms with E-state index >= 15 is 0 Å². The van der Waals surface area contributed by atoms with Gasteiger partial charge in [-0.3, -0.25) is 0 Å². The van der Waals surface area contributed by atoms with Crippen molar-refractivity contribution < 1.29 is 17.9 Å². The first-order valence-corrected chi connectivity index (χ1v) is 10.0. The van der Waals surface area contributed by atoms with Crippen molar-refractivity contribution in [3.05, 3.63) is 21.6 Å². The highest BCUT2D eigenvalue weighted by Crippen LogP contribution is 2.37. The van der Waals surface area contributed by atoms with Crippen LogP contribution in [-0.4, -0.2) is 27.7 Å². The van der Waals surface area contributed by atoms with E-state index in [2.05, 4.69) is 15.9 Å². The molecule has 1 aliphatic rings. The summed E-state index contributed by atoms with van der Waals surface area (Å²) in [5.74, 6) is 0.0993. The van der Waals surface area contributed by atoms with Crippen LogP contribution in [0.15, 0.2) is 21.5 Å². The van der Waals surface area contributed by atoms with Gasteiger partial charge in [-0.05, 0) is 37.8 Å². The lowest BCUT2D eigenvalue weighted by molar-refractivity contribution is 0.0980. The summed E-state index contributed by atoms with van der Waals surface area (Å²) in [7, 11) is 1.49. The van der Waals surface area contributed by atoms with Gasteiger partial charge in [0.05, 0.1) is 17.7 Å². The molecule has 4 nitrogen and oxygen atoms in total. The molecule has 118 valence electrons. The van der Waals surface area contributed by atoms with Crippen molar-refractivity contribution in [3.8, 4) is 5.75 Å². The van der Waals surface area contributed by atoms with Gasteiger partial charge in [0, 0.05) is 21.8 Å². The van der Waals surface area contributed by atoms with E-state index < -0.39 is 9.05 Å². The van der Waals surface area contributed by atoms with Crippen LogP contribution >= 0.6 is 38.2 Å². The molecule has 2 rings (SSSR count). The first kappa shape index (κ1) is 17.3. The second-order valence-electron chi connectivity index (χ2n) is 4.78. The molecule has 0 radical (unpaired) electrons. The zero-order chi connectivity index (χ0) is 15.5. The summed E-state index contributed by atoms with van der Waals surface area (Å²) in [6.07, 6.45) is 4.10. The van der Waals surface area contributed by atoms with Crippen molar-refractivity contribution in [1.82, 2.24) is 0 Å². The van der Waals surface area contributed by atoms with Crippen LogP contribution in [0.3, 0.4) is 0 Å². The lowest BCUT2D eigenvalue weighted by Crippen LogP contribution is -2.09. The standard InChI is InChI=1S/C13H15BrCl2O4S/c14-9-7-11(15)13(12(8-9)21(16,17)18)20-6-2-4-10-3-1-5-19-10/h7-8,10H,1-6H2. The van der Waals surface area contributed by atoms with Crippen molar-refractivity contribution in [3.63, 3.8) is 0 Å². The Morgan fingerprint density at radius 1 is 1.43 bits per heavy atom. The number of benzene rings is 1. The molecule has 1 aromatic carbocycles. The molecule has 0 N–H and O–H groups in total. The number of ether oxygens (including phenoxy) is 2. The van der Waals surface area contributed by atoms with Crippen LogP contribution in [0.1, 0.15) is 25.7 Å². The molecule has 0 spiro atoms. The highest BCUT2D eigenvalue weighted by atomic mass is 79.9. The molecule has 1 fully saturated rings. The van der Waals surface area contributed by atoms with Crippen LogP contribution in [0.2, 0.25) is 5.02 Å². The molecule has 1 heterocycles. The fourth-order valence-corrected chi connectivity index (χ4v) is 4.29. The van der Waals surface area contributed by atoms with E-state index in [1.807, 2.05) is 0 Å². The van der Waals surface area contributed by atoms with Crippen LogP contribution in [0.4, 0.5) is 0 Å². The van der Waals surface area contributed by atoms with Crippen LogP contribution in [-0.2, 0) is 13.8 Å². The van der Waals surface area contributed by atoms with Gasteiger partial charge >= 0.3 is 0 Å². The minimum absolute atomic E-state index is 0.0993. The Morgan fingerprint density at radius 2 is 2.19 bits per heavy atom. The first-order chi connectivity index (χ1) is 9.88. The van der Waals surface area contributed by atoms with E-state index in [4.69, 9.17) is 31.8 Å². The highest BCUT2D eigenvalue weighted by Gasteiger charge is 2.21. The minimum atomic E-state index is -3.92. The largest absolute Gasteiger partial charge is 0.491 e. The van der Waals surface area contributed by atoms with Crippen LogP contribution < -0.4 is 4.74 Å². The smallest absolute Gasteiger partial charge is 0.265 e. The Labute approximate surface area is 142 Å². The average molecular weight is 418 g/mol. The number of hydrogen-bond acceptors (Lipinski definition) is 4. The van der Waals surface area contributed by atoms with Crippen molar-refractivity contribution in [1.29, 1.82) is 0 Å². The minimum Gasteiger partial charge on any atom is -0.491 e. The fourth-order valence-electron chi connectivity index (χ4n) is 2.22. The Morgan fingerprint density at radius 3 is 2.81 bits per heavy atom. The summed E-state index contributed by atoms with van der Waals surface area (Å²) in [6.45, 7) is 1.18. The second kappa shape index (κ2) is 7.51. The third kappa shape index (κ3) is 4.99. The molecule has 1 saturated heterocycles. The van der Waals surface area contributed by atoms with Crippen molar-refractivity contribution in [2.45, 2.75) is 36.7 Å². The fraction of sp³-hybridized carbons (Fsp3) is 0.538. The van der Waals surface area contributed by atoms with E-state index in [1.165, 1.54) is 6.07 Å². The number of rotatable bonds is 6. The third-order valence-electron chi connectivity index (χ3n) is 3.18. The quantitative estimate of drug-likeness (QED) is 0.509. The van der Waals surface area contributed by atoms with Gasteiger partial charge in [-0.1, -0.05) is 27.5 Å². The zero-order valence-electron chi connectivity index (χ0n) is 11.1. The highest BCUT2D eigenvalue weighted by molar-refractivity contribution is 9.10. The number of halogens is 3.